The maximum absolute atomic E-state index is 5.20. The molecule has 8 heteroatoms. The number of nitrogens with zero attached hydrogens (tertiary/aromatic N) is 8. The second kappa shape index (κ2) is 19.6. The Morgan fingerprint density at radius 3 is 0.694 bits per heavy atom. The molecule has 0 amide bonds. The van der Waals surface area contributed by atoms with Crippen molar-refractivity contribution >= 4 is 0 Å². The zero-order valence-electron chi connectivity index (χ0n) is 38.8. The van der Waals surface area contributed by atoms with Crippen LogP contribution in [0, 0.1) is 0 Å². The van der Waals surface area contributed by atoms with E-state index in [9.17, 15) is 0 Å². The molecule has 0 radical (unpaired) electrons. The molecule has 0 aliphatic rings. The van der Waals surface area contributed by atoms with Gasteiger partial charge in [0.15, 0.2) is 11.6 Å². The molecule has 0 N–H and O–H groups in total. The topological polar surface area (TPSA) is 103 Å². The lowest BCUT2D eigenvalue weighted by atomic mass is 9.95. The zero-order valence-corrected chi connectivity index (χ0v) is 38.8. The Morgan fingerprint density at radius 1 is 0.167 bits per heavy atom. The van der Waals surface area contributed by atoms with E-state index >= 15 is 0 Å². The first-order valence-corrected chi connectivity index (χ1v) is 23.7. The van der Waals surface area contributed by atoms with Gasteiger partial charge in [0.25, 0.3) is 0 Å². The van der Waals surface area contributed by atoms with Crippen molar-refractivity contribution in [2.24, 2.45) is 0 Å². The summed E-state index contributed by atoms with van der Waals surface area (Å²) in [4.78, 5) is 37.8. The van der Waals surface area contributed by atoms with Gasteiger partial charge < -0.3 is 0 Å². The third-order valence-electron chi connectivity index (χ3n) is 12.7. The Hall–Kier alpha value is -9.92. The maximum Gasteiger partial charge on any atom is 0.160 e. The van der Waals surface area contributed by atoms with Crippen LogP contribution in [0.25, 0.3) is 123 Å². The molecule has 8 nitrogen and oxygen atoms in total. The number of benzene rings is 6. The summed E-state index contributed by atoms with van der Waals surface area (Å²) >= 11 is 0. The summed E-state index contributed by atoms with van der Waals surface area (Å²) in [5, 5.41) is 0. The van der Waals surface area contributed by atoms with E-state index in [1.54, 1.807) is 0 Å². The minimum absolute atomic E-state index is 0.654. The Labute approximate surface area is 417 Å². The Balaban J connectivity index is 0.897. The standard InChI is InChI=1S/C64H42N8/c1-3-7-51(8-4-1)63-69-59(41-61(71-63)57-37-53(45-19-27-65-28-20-45)35-54(38-57)46-21-29-66-30-22-46)49-15-11-43(12-16-49)44-13-17-50(18-14-44)60-42-62(72-64(70-60)52-9-5-2-6-10-52)58-39-55(47-23-31-67-32-24-47)36-56(40-58)48-25-33-68-34-26-48/h1-42H. The van der Waals surface area contributed by atoms with Gasteiger partial charge in [0, 0.05) is 83.0 Å². The number of rotatable bonds is 11. The molecule has 12 aromatic rings. The van der Waals surface area contributed by atoms with Gasteiger partial charge in [0.2, 0.25) is 0 Å². The van der Waals surface area contributed by atoms with Crippen LogP contribution in [0.2, 0.25) is 0 Å². The Bertz CT molecular complexity index is 3430. The highest BCUT2D eigenvalue weighted by Gasteiger charge is 2.17. The van der Waals surface area contributed by atoms with Crippen molar-refractivity contribution in [1.29, 1.82) is 0 Å². The van der Waals surface area contributed by atoms with Crippen LogP contribution in [0.3, 0.4) is 0 Å². The molecule has 0 bridgehead atoms. The first kappa shape index (κ1) is 43.4. The van der Waals surface area contributed by atoms with Crippen LogP contribution in [-0.4, -0.2) is 39.9 Å². The molecule has 6 aromatic heterocycles. The maximum atomic E-state index is 5.20. The number of hydrogen-bond acceptors (Lipinski definition) is 8. The molecule has 72 heavy (non-hydrogen) atoms. The summed E-state index contributed by atoms with van der Waals surface area (Å²) in [5.74, 6) is 1.31. The molecular formula is C64H42N8. The first-order valence-electron chi connectivity index (χ1n) is 23.7. The predicted octanol–water partition coefficient (Wildman–Crippen LogP) is 15.2. The lowest BCUT2D eigenvalue weighted by Gasteiger charge is -2.14. The quantitative estimate of drug-likeness (QED) is 0.126. The highest BCUT2D eigenvalue weighted by atomic mass is 14.9. The van der Waals surface area contributed by atoms with Gasteiger partial charge in [-0.1, -0.05) is 109 Å². The summed E-state index contributed by atoms with van der Waals surface area (Å²) in [6.45, 7) is 0. The van der Waals surface area contributed by atoms with E-state index in [2.05, 4.69) is 141 Å². The fourth-order valence-corrected chi connectivity index (χ4v) is 8.98. The van der Waals surface area contributed by atoms with Crippen molar-refractivity contribution in [2.45, 2.75) is 0 Å². The third kappa shape index (κ3) is 9.31. The van der Waals surface area contributed by atoms with E-state index in [-0.39, 0.29) is 0 Å². The molecule has 6 heterocycles. The van der Waals surface area contributed by atoms with Gasteiger partial charge in [-0.3, -0.25) is 19.9 Å². The van der Waals surface area contributed by atoms with E-state index in [0.717, 1.165) is 112 Å². The molecule has 0 spiro atoms. The van der Waals surface area contributed by atoms with Crippen molar-refractivity contribution in [3.8, 4) is 123 Å². The van der Waals surface area contributed by atoms with Crippen molar-refractivity contribution in [2.75, 3.05) is 0 Å². The molecular weight excluding hydrogens is 881 g/mol. The van der Waals surface area contributed by atoms with E-state index in [1.807, 2.05) is 135 Å². The van der Waals surface area contributed by atoms with Crippen molar-refractivity contribution < 1.29 is 0 Å². The lowest BCUT2D eigenvalue weighted by Crippen LogP contribution is -1.97. The second-order valence-corrected chi connectivity index (χ2v) is 17.4. The fraction of sp³-hybridized carbons (Fsp3) is 0. The molecule has 0 saturated carbocycles. The molecule has 0 atom stereocenters. The van der Waals surface area contributed by atoms with E-state index in [0.29, 0.717) is 11.6 Å². The predicted molar refractivity (Wildman–Crippen MR) is 289 cm³/mol. The summed E-state index contributed by atoms with van der Waals surface area (Å²) in [6, 6.07) is 71.1. The van der Waals surface area contributed by atoms with Gasteiger partial charge in [-0.25, -0.2) is 19.9 Å². The highest BCUT2D eigenvalue weighted by molar-refractivity contribution is 5.84. The average Bonchev–Trinajstić information content (AvgIpc) is 3.48. The molecule has 6 aromatic carbocycles. The number of hydrogen-bond donors (Lipinski definition) is 0. The van der Waals surface area contributed by atoms with Crippen LogP contribution in [0.15, 0.2) is 256 Å². The SMILES string of the molecule is c1ccc(-c2nc(-c3ccc(-c4ccc(-c5cc(-c6cc(-c7ccncc7)cc(-c7ccncc7)c6)nc(-c6ccccc6)n5)cc4)cc3)cc(-c3cc(-c4ccncc4)cc(-c4ccncc4)c3)n2)cc1. The fourth-order valence-electron chi connectivity index (χ4n) is 8.98. The first-order chi connectivity index (χ1) is 35.6. The third-order valence-corrected chi connectivity index (χ3v) is 12.7. The van der Waals surface area contributed by atoms with Gasteiger partial charge in [0.1, 0.15) is 0 Å². The van der Waals surface area contributed by atoms with Gasteiger partial charge in [0.05, 0.1) is 22.8 Å². The smallest absolute Gasteiger partial charge is 0.160 e. The van der Waals surface area contributed by atoms with E-state index < -0.39 is 0 Å². The zero-order chi connectivity index (χ0) is 48.1. The summed E-state index contributed by atoms with van der Waals surface area (Å²) in [7, 11) is 0. The van der Waals surface area contributed by atoms with Crippen LogP contribution < -0.4 is 0 Å². The van der Waals surface area contributed by atoms with Crippen LogP contribution in [0.5, 0.6) is 0 Å². The highest BCUT2D eigenvalue weighted by Crippen LogP contribution is 2.37. The molecule has 0 saturated heterocycles. The van der Waals surface area contributed by atoms with Gasteiger partial charge in [-0.05, 0) is 153 Å². The van der Waals surface area contributed by atoms with Crippen LogP contribution in [0.1, 0.15) is 0 Å². The largest absolute Gasteiger partial charge is 0.265 e. The average molecular weight is 923 g/mol. The van der Waals surface area contributed by atoms with Crippen molar-refractivity contribution in [3.05, 3.63) is 256 Å². The Kier molecular flexibility index (Phi) is 11.8. The molecule has 12 rings (SSSR count). The van der Waals surface area contributed by atoms with Gasteiger partial charge in [-0.2, -0.15) is 0 Å². The van der Waals surface area contributed by atoms with Gasteiger partial charge >= 0.3 is 0 Å². The number of aromatic nitrogens is 8. The van der Waals surface area contributed by atoms with Crippen LogP contribution in [0.4, 0.5) is 0 Å². The summed E-state index contributed by atoms with van der Waals surface area (Å²) < 4.78 is 0. The minimum atomic E-state index is 0.654. The second-order valence-electron chi connectivity index (χ2n) is 17.4. The van der Waals surface area contributed by atoms with E-state index in [1.165, 1.54) is 0 Å². The minimum Gasteiger partial charge on any atom is -0.265 e. The molecule has 338 valence electrons. The molecule has 0 unspecified atom stereocenters. The summed E-state index contributed by atoms with van der Waals surface area (Å²) in [6.07, 6.45) is 14.6. The summed E-state index contributed by atoms with van der Waals surface area (Å²) in [5.41, 5.74) is 19.8. The van der Waals surface area contributed by atoms with Gasteiger partial charge in [-0.15, -0.1) is 0 Å². The molecule has 0 aliphatic carbocycles. The lowest BCUT2D eigenvalue weighted by molar-refractivity contribution is 1.18. The van der Waals surface area contributed by atoms with Crippen molar-refractivity contribution in [1.82, 2.24) is 39.9 Å². The molecule has 0 aliphatic heterocycles. The monoisotopic (exact) mass is 922 g/mol. The van der Waals surface area contributed by atoms with E-state index in [4.69, 9.17) is 19.9 Å². The Morgan fingerprint density at radius 2 is 0.403 bits per heavy atom. The molecule has 0 fully saturated rings. The number of pyridine rings is 4. The van der Waals surface area contributed by atoms with Crippen LogP contribution >= 0.6 is 0 Å². The van der Waals surface area contributed by atoms with Crippen LogP contribution in [-0.2, 0) is 0 Å². The van der Waals surface area contributed by atoms with Crippen molar-refractivity contribution in [3.63, 3.8) is 0 Å². The normalized spacial score (nSPS) is 11.1.